The summed E-state index contributed by atoms with van der Waals surface area (Å²) in [6.45, 7) is 6.36. The van der Waals surface area contributed by atoms with Gasteiger partial charge in [0.05, 0.1) is 22.8 Å². The van der Waals surface area contributed by atoms with Crippen LogP contribution in [0.3, 0.4) is 0 Å². The number of halogens is 2. The first-order valence-electron chi connectivity index (χ1n) is 11.1. The van der Waals surface area contributed by atoms with Gasteiger partial charge in [-0.1, -0.05) is 41.4 Å². The highest BCUT2D eigenvalue weighted by Gasteiger charge is 2.25. The van der Waals surface area contributed by atoms with E-state index >= 15 is 0 Å². The monoisotopic (exact) mass is 499 g/mol. The summed E-state index contributed by atoms with van der Waals surface area (Å²) >= 11 is 12.4. The zero-order valence-electron chi connectivity index (χ0n) is 19.4. The summed E-state index contributed by atoms with van der Waals surface area (Å²) in [6.07, 6.45) is 0.719. The van der Waals surface area contributed by atoms with Crippen LogP contribution in [-0.2, 0) is 6.42 Å². The predicted molar refractivity (Wildman–Crippen MR) is 137 cm³/mol. The van der Waals surface area contributed by atoms with E-state index in [0.29, 0.717) is 41.9 Å². The maximum absolute atomic E-state index is 12.8. The van der Waals surface area contributed by atoms with Gasteiger partial charge in [0, 0.05) is 43.9 Å². The van der Waals surface area contributed by atoms with Crippen molar-refractivity contribution in [2.75, 3.05) is 43.5 Å². The molecule has 34 heavy (non-hydrogen) atoms. The van der Waals surface area contributed by atoms with Gasteiger partial charge in [0.1, 0.15) is 17.4 Å². The van der Waals surface area contributed by atoms with Gasteiger partial charge in [-0.2, -0.15) is 0 Å². The molecular weight excluding hydrogens is 473 g/mol. The van der Waals surface area contributed by atoms with Gasteiger partial charge in [0.2, 0.25) is 0 Å². The number of nitrogens with one attached hydrogen (secondary N) is 1. The third-order valence-corrected chi connectivity index (χ3v) is 6.53. The second-order valence-corrected chi connectivity index (χ2v) is 9.00. The van der Waals surface area contributed by atoms with E-state index in [9.17, 15) is 4.79 Å². The number of hydrogen-bond acceptors (Lipinski definition) is 5. The Morgan fingerprint density at radius 2 is 1.65 bits per heavy atom. The minimum atomic E-state index is -0.219. The highest BCUT2D eigenvalue weighted by Crippen LogP contribution is 2.30. The second-order valence-electron chi connectivity index (χ2n) is 8.18. The van der Waals surface area contributed by atoms with E-state index in [1.807, 2.05) is 26.0 Å². The first kappa shape index (κ1) is 24.1. The maximum Gasteiger partial charge on any atom is 0.322 e. The van der Waals surface area contributed by atoms with Crippen LogP contribution in [-0.4, -0.2) is 54.2 Å². The van der Waals surface area contributed by atoms with E-state index in [-0.39, 0.29) is 6.03 Å². The van der Waals surface area contributed by atoms with Gasteiger partial charge in [0.25, 0.3) is 0 Å². The number of methoxy groups -OCH3 is 1. The summed E-state index contributed by atoms with van der Waals surface area (Å²) in [5.41, 5.74) is 3.65. The van der Waals surface area contributed by atoms with E-state index in [1.54, 1.807) is 30.2 Å². The molecule has 0 aliphatic carbocycles. The number of rotatable bonds is 5. The normalized spacial score (nSPS) is 13.7. The molecule has 3 aromatic rings. The Morgan fingerprint density at radius 1 is 1.00 bits per heavy atom. The molecule has 1 N–H and O–H groups in total. The summed E-state index contributed by atoms with van der Waals surface area (Å²) in [5.74, 6) is 2.49. The molecule has 0 bridgehead atoms. The highest BCUT2D eigenvalue weighted by atomic mass is 35.5. The molecule has 0 atom stereocenters. The number of aryl methyl sites for hydroxylation is 2. The Kier molecular flexibility index (Phi) is 7.44. The van der Waals surface area contributed by atoms with Crippen LogP contribution < -0.4 is 15.0 Å². The summed E-state index contributed by atoms with van der Waals surface area (Å²) in [7, 11) is 1.66. The Labute approximate surface area is 209 Å². The van der Waals surface area contributed by atoms with E-state index in [2.05, 4.69) is 27.3 Å². The SMILES string of the molecule is COc1ccc(Cc2c(C)nc(C)nc2N2CCN(C(=O)Nc3c(Cl)cccc3Cl)CC2)cc1. The third kappa shape index (κ3) is 5.37. The van der Waals surface area contributed by atoms with Crippen LogP contribution in [0.15, 0.2) is 42.5 Å². The first-order chi connectivity index (χ1) is 16.4. The number of amides is 2. The van der Waals surface area contributed by atoms with Crippen molar-refractivity contribution in [3.05, 3.63) is 75.2 Å². The number of para-hydroxylation sites is 1. The molecule has 1 aliphatic heterocycles. The van der Waals surface area contributed by atoms with Crippen molar-refractivity contribution >= 4 is 40.7 Å². The zero-order chi connectivity index (χ0) is 24.2. The lowest BCUT2D eigenvalue weighted by molar-refractivity contribution is 0.208. The second kappa shape index (κ2) is 10.5. The maximum atomic E-state index is 12.8. The molecule has 178 valence electrons. The van der Waals surface area contributed by atoms with Crippen molar-refractivity contribution in [1.29, 1.82) is 0 Å². The Hall–Kier alpha value is -3.03. The summed E-state index contributed by atoms with van der Waals surface area (Å²) in [5, 5.41) is 3.67. The van der Waals surface area contributed by atoms with E-state index < -0.39 is 0 Å². The summed E-state index contributed by atoms with van der Waals surface area (Å²) in [6, 6.07) is 13.0. The number of anilines is 2. The summed E-state index contributed by atoms with van der Waals surface area (Å²) in [4.78, 5) is 26.2. The molecular formula is C25H27Cl2N5O2. The number of benzene rings is 2. The van der Waals surface area contributed by atoms with Crippen LogP contribution in [0, 0.1) is 13.8 Å². The molecule has 4 rings (SSSR count). The van der Waals surface area contributed by atoms with Crippen LogP contribution in [0.5, 0.6) is 5.75 Å². The van der Waals surface area contributed by atoms with Gasteiger partial charge in [-0.15, -0.1) is 0 Å². The average Bonchev–Trinajstić information content (AvgIpc) is 2.83. The highest BCUT2D eigenvalue weighted by molar-refractivity contribution is 6.39. The first-order valence-corrected chi connectivity index (χ1v) is 11.8. The van der Waals surface area contributed by atoms with E-state index in [0.717, 1.165) is 40.6 Å². The van der Waals surface area contributed by atoms with Crippen molar-refractivity contribution in [2.45, 2.75) is 20.3 Å². The molecule has 0 unspecified atom stereocenters. The molecule has 0 saturated carbocycles. The van der Waals surface area contributed by atoms with Gasteiger partial charge in [-0.05, 0) is 43.7 Å². The molecule has 9 heteroatoms. The minimum Gasteiger partial charge on any atom is -0.497 e. The quantitative estimate of drug-likeness (QED) is 0.511. The average molecular weight is 500 g/mol. The van der Waals surface area contributed by atoms with Crippen molar-refractivity contribution < 1.29 is 9.53 Å². The smallest absolute Gasteiger partial charge is 0.322 e. The fourth-order valence-corrected chi connectivity index (χ4v) is 4.55. The molecule has 0 spiro atoms. The number of ether oxygens (including phenoxy) is 1. The fourth-order valence-electron chi connectivity index (χ4n) is 4.06. The number of urea groups is 1. The molecule has 1 saturated heterocycles. The van der Waals surface area contributed by atoms with Crippen molar-refractivity contribution in [3.63, 3.8) is 0 Å². The Balaban J connectivity index is 1.47. The van der Waals surface area contributed by atoms with Crippen LogP contribution in [0.4, 0.5) is 16.3 Å². The van der Waals surface area contributed by atoms with Gasteiger partial charge in [-0.25, -0.2) is 14.8 Å². The fraction of sp³-hybridized carbons (Fsp3) is 0.320. The van der Waals surface area contributed by atoms with Crippen LogP contribution in [0.1, 0.15) is 22.6 Å². The number of carbonyl (C=O) groups is 1. The molecule has 2 heterocycles. The number of carbonyl (C=O) groups excluding carboxylic acids is 1. The third-order valence-electron chi connectivity index (χ3n) is 5.90. The molecule has 7 nitrogen and oxygen atoms in total. The van der Waals surface area contributed by atoms with Gasteiger partial charge < -0.3 is 19.9 Å². The van der Waals surface area contributed by atoms with Crippen molar-refractivity contribution in [1.82, 2.24) is 14.9 Å². The molecule has 2 amide bonds. The van der Waals surface area contributed by atoms with Crippen molar-refractivity contribution in [3.8, 4) is 5.75 Å². The minimum absolute atomic E-state index is 0.219. The van der Waals surface area contributed by atoms with Gasteiger partial charge in [0.15, 0.2) is 0 Å². The topological polar surface area (TPSA) is 70.6 Å². The van der Waals surface area contributed by atoms with E-state index in [4.69, 9.17) is 32.9 Å². The van der Waals surface area contributed by atoms with Crippen molar-refractivity contribution in [2.24, 2.45) is 0 Å². The van der Waals surface area contributed by atoms with Gasteiger partial charge in [-0.3, -0.25) is 0 Å². The zero-order valence-corrected chi connectivity index (χ0v) is 21.0. The van der Waals surface area contributed by atoms with Gasteiger partial charge >= 0.3 is 6.03 Å². The number of piperazine rings is 1. The summed E-state index contributed by atoms with van der Waals surface area (Å²) < 4.78 is 5.27. The van der Waals surface area contributed by atoms with Crippen LogP contribution >= 0.6 is 23.2 Å². The lowest BCUT2D eigenvalue weighted by Gasteiger charge is -2.36. The number of hydrogen-bond donors (Lipinski definition) is 1. The molecule has 1 aromatic heterocycles. The standard InChI is InChI=1S/C25H27Cl2N5O2/c1-16-20(15-18-7-9-19(34-3)10-8-18)24(29-17(2)28-16)31-11-13-32(14-12-31)25(33)30-23-21(26)5-4-6-22(23)27/h4-10H,11-15H2,1-3H3,(H,30,33). The number of nitrogens with zero attached hydrogens (tertiary/aromatic N) is 4. The lowest BCUT2D eigenvalue weighted by Crippen LogP contribution is -2.50. The molecule has 2 aromatic carbocycles. The largest absolute Gasteiger partial charge is 0.497 e. The predicted octanol–water partition coefficient (Wildman–Crippen LogP) is 5.35. The molecule has 1 fully saturated rings. The van der Waals surface area contributed by atoms with E-state index in [1.165, 1.54) is 0 Å². The Morgan fingerprint density at radius 3 is 2.26 bits per heavy atom. The lowest BCUT2D eigenvalue weighted by atomic mass is 10.0. The Bertz CT molecular complexity index is 1160. The molecule has 1 aliphatic rings. The van der Waals surface area contributed by atoms with Crippen LogP contribution in [0.2, 0.25) is 10.0 Å². The molecule has 0 radical (unpaired) electrons. The van der Waals surface area contributed by atoms with Crippen LogP contribution in [0.25, 0.3) is 0 Å². The number of aromatic nitrogens is 2.